The normalized spacial score (nSPS) is 14.1. The quantitative estimate of drug-likeness (QED) is 0.613. The van der Waals surface area contributed by atoms with Gasteiger partial charge in [-0.2, -0.15) is 5.26 Å². The number of hydrogen-bond donors (Lipinski definition) is 2. The van der Waals surface area contributed by atoms with Gasteiger partial charge in [-0.15, -0.1) is 0 Å². The molecule has 0 bridgehead atoms. The number of aromatic nitrogens is 1. The number of carbonyl (C=O) groups excluding carboxylic acids is 2. The SMILES string of the molecule is Cn1cccc1C(CNC(=O)C(=O)Nc1ccccc1C#N)N1CCc2ccccc2C1. The minimum atomic E-state index is -0.790. The zero-order valence-electron chi connectivity index (χ0n) is 17.9. The number of nitriles is 1. The van der Waals surface area contributed by atoms with Crippen LogP contribution >= 0.6 is 0 Å². The molecular weight excluding hydrogens is 402 g/mol. The Kier molecular flexibility index (Phi) is 6.34. The predicted molar refractivity (Wildman–Crippen MR) is 122 cm³/mol. The molecule has 2 amide bonds. The zero-order valence-corrected chi connectivity index (χ0v) is 17.9. The van der Waals surface area contributed by atoms with Gasteiger partial charge in [-0.25, -0.2) is 0 Å². The summed E-state index contributed by atoms with van der Waals surface area (Å²) in [6.07, 6.45) is 2.92. The third kappa shape index (κ3) is 4.56. The molecule has 1 aliphatic rings. The summed E-state index contributed by atoms with van der Waals surface area (Å²) >= 11 is 0. The maximum absolute atomic E-state index is 12.6. The molecule has 0 fully saturated rings. The maximum Gasteiger partial charge on any atom is 0.313 e. The molecular formula is C25H25N5O2. The van der Waals surface area contributed by atoms with Crippen LogP contribution in [0.5, 0.6) is 0 Å². The summed E-state index contributed by atoms with van der Waals surface area (Å²) in [5.74, 6) is -1.52. The van der Waals surface area contributed by atoms with Gasteiger partial charge in [0, 0.05) is 38.6 Å². The van der Waals surface area contributed by atoms with E-state index in [0.717, 1.165) is 25.2 Å². The van der Waals surface area contributed by atoms with Crippen LogP contribution in [0.3, 0.4) is 0 Å². The molecule has 0 saturated carbocycles. The number of para-hydroxylation sites is 1. The van der Waals surface area contributed by atoms with E-state index < -0.39 is 11.8 Å². The highest BCUT2D eigenvalue weighted by atomic mass is 16.2. The highest BCUT2D eigenvalue weighted by Gasteiger charge is 2.27. The number of hydrogen-bond acceptors (Lipinski definition) is 4. The lowest BCUT2D eigenvalue weighted by atomic mass is 9.98. The average molecular weight is 428 g/mol. The topological polar surface area (TPSA) is 90.2 Å². The average Bonchev–Trinajstić information content (AvgIpc) is 3.24. The predicted octanol–water partition coefficient (Wildman–Crippen LogP) is 2.75. The van der Waals surface area contributed by atoms with E-state index in [0.29, 0.717) is 17.8 Å². The molecule has 2 aromatic carbocycles. The van der Waals surface area contributed by atoms with E-state index >= 15 is 0 Å². The molecule has 0 aliphatic carbocycles. The minimum Gasteiger partial charge on any atom is -0.353 e. The zero-order chi connectivity index (χ0) is 22.5. The molecule has 2 heterocycles. The van der Waals surface area contributed by atoms with Gasteiger partial charge in [0.05, 0.1) is 17.3 Å². The van der Waals surface area contributed by atoms with Crippen molar-refractivity contribution in [1.29, 1.82) is 5.26 Å². The second-order valence-electron chi connectivity index (χ2n) is 7.87. The number of aryl methyl sites for hydroxylation is 1. The van der Waals surface area contributed by atoms with Crippen LogP contribution in [0.4, 0.5) is 5.69 Å². The first-order valence-corrected chi connectivity index (χ1v) is 10.6. The Morgan fingerprint density at radius 1 is 1.03 bits per heavy atom. The van der Waals surface area contributed by atoms with Crippen molar-refractivity contribution in [2.45, 2.75) is 19.0 Å². The summed E-state index contributed by atoms with van der Waals surface area (Å²) in [6.45, 7) is 1.94. The number of amides is 2. The monoisotopic (exact) mass is 427 g/mol. The number of anilines is 1. The van der Waals surface area contributed by atoms with Crippen LogP contribution in [-0.4, -0.2) is 34.4 Å². The summed E-state index contributed by atoms with van der Waals surface area (Å²) < 4.78 is 2.04. The Labute approximate surface area is 187 Å². The van der Waals surface area contributed by atoms with Gasteiger partial charge in [0.1, 0.15) is 6.07 Å². The Hall–Kier alpha value is -3.89. The van der Waals surface area contributed by atoms with E-state index in [1.807, 2.05) is 42.1 Å². The van der Waals surface area contributed by atoms with Gasteiger partial charge in [-0.3, -0.25) is 14.5 Å². The Morgan fingerprint density at radius 3 is 2.53 bits per heavy atom. The lowest BCUT2D eigenvalue weighted by Gasteiger charge is -2.36. The standard InChI is InChI=1S/C25H25N5O2/c1-29-13-6-11-22(29)23(30-14-12-18-7-2-3-9-20(18)17-30)16-27-24(31)25(32)28-21-10-5-4-8-19(21)15-26/h2-11,13,23H,12,14,16-17H2,1H3,(H,27,31)(H,28,32). The molecule has 1 atom stereocenters. The molecule has 7 nitrogen and oxygen atoms in total. The molecule has 0 spiro atoms. The lowest BCUT2D eigenvalue weighted by molar-refractivity contribution is -0.136. The van der Waals surface area contributed by atoms with E-state index in [9.17, 15) is 14.9 Å². The van der Waals surface area contributed by atoms with Crippen LogP contribution in [0.2, 0.25) is 0 Å². The second kappa shape index (κ2) is 9.50. The Morgan fingerprint density at radius 2 is 1.78 bits per heavy atom. The van der Waals surface area contributed by atoms with Crippen molar-refractivity contribution in [3.63, 3.8) is 0 Å². The first-order chi connectivity index (χ1) is 15.6. The molecule has 4 rings (SSSR count). The van der Waals surface area contributed by atoms with Gasteiger partial charge in [-0.1, -0.05) is 36.4 Å². The molecule has 7 heteroatoms. The van der Waals surface area contributed by atoms with Crippen LogP contribution in [0, 0.1) is 11.3 Å². The Balaban J connectivity index is 1.46. The van der Waals surface area contributed by atoms with Gasteiger partial charge >= 0.3 is 11.8 Å². The van der Waals surface area contributed by atoms with Crippen molar-refractivity contribution in [3.8, 4) is 6.07 Å². The maximum atomic E-state index is 12.6. The van der Waals surface area contributed by atoms with Gasteiger partial charge < -0.3 is 15.2 Å². The van der Waals surface area contributed by atoms with E-state index in [-0.39, 0.29) is 6.04 Å². The molecule has 0 saturated heterocycles. The van der Waals surface area contributed by atoms with E-state index in [1.54, 1.807) is 24.3 Å². The molecule has 1 aromatic heterocycles. The number of carbonyl (C=O) groups is 2. The van der Waals surface area contributed by atoms with E-state index in [2.05, 4.69) is 33.7 Å². The summed E-state index contributed by atoms with van der Waals surface area (Å²) in [4.78, 5) is 27.3. The fourth-order valence-corrected chi connectivity index (χ4v) is 4.16. The van der Waals surface area contributed by atoms with Crippen molar-refractivity contribution in [3.05, 3.63) is 89.2 Å². The summed E-state index contributed by atoms with van der Waals surface area (Å²) in [5.41, 5.74) is 4.34. The van der Waals surface area contributed by atoms with Crippen molar-refractivity contribution >= 4 is 17.5 Å². The van der Waals surface area contributed by atoms with Crippen molar-refractivity contribution < 1.29 is 9.59 Å². The van der Waals surface area contributed by atoms with Crippen molar-refractivity contribution in [2.24, 2.45) is 7.05 Å². The minimum absolute atomic E-state index is 0.0773. The Bertz CT molecular complexity index is 1180. The fourth-order valence-electron chi connectivity index (χ4n) is 4.16. The largest absolute Gasteiger partial charge is 0.353 e. The first-order valence-electron chi connectivity index (χ1n) is 10.6. The number of rotatable bonds is 5. The number of benzene rings is 2. The molecule has 1 unspecified atom stereocenters. The van der Waals surface area contributed by atoms with E-state index in [1.165, 1.54) is 11.1 Å². The third-order valence-corrected chi connectivity index (χ3v) is 5.88. The second-order valence-corrected chi connectivity index (χ2v) is 7.87. The number of fused-ring (bicyclic) bond motifs is 1. The van der Waals surface area contributed by atoms with Crippen LogP contribution in [0.1, 0.15) is 28.4 Å². The fraction of sp³-hybridized carbons (Fsp3) is 0.240. The van der Waals surface area contributed by atoms with Crippen LogP contribution < -0.4 is 10.6 Å². The smallest absolute Gasteiger partial charge is 0.313 e. The van der Waals surface area contributed by atoms with Gasteiger partial charge in [0.15, 0.2) is 0 Å². The molecule has 1 aliphatic heterocycles. The third-order valence-electron chi connectivity index (χ3n) is 5.88. The summed E-state index contributed by atoms with van der Waals surface area (Å²) in [7, 11) is 1.98. The van der Waals surface area contributed by atoms with E-state index in [4.69, 9.17) is 0 Å². The highest BCUT2D eigenvalue weighted by Crippen LogP contribution is 2.27. The van der Waals surface area contributed by atoms with Gasteiger partial charge in [0.2, 0.25) is 0 Å². The van der Waals surface area contributed by atoms with Crippen molar-refractivity contribution in [1.82, 2.24) is 14.8 Å². The van der Waals surface area contributed by atoms with Crippen molar-refractivity contribution in [2.75, 3.05) is 18.4 Å². The van der Waals surface area contributed by atoms with Crippen LogP contribution in [0.15, 0.2) is 66.9 Å². The van der Waals surface area contributed by atoms with Crippen LogP contribution in [-0.2, 0) is 29.6 Å². The molecule has 0 radical (unpaired) electrons. The van der Waals surface area contributed by atoms with Crippen LogP contribution in [0.25, 0.3) is 0 Å². The van der Waals surface area contributed by atoms with Gasteiger partial charge in [-0.05, 0) is 41.8 Å². The number of nitrogens with one attached hydrogen (secondary N) is 2. The lowest BCUT2D eigenvalue weighted by Crippen LogP contribution is -2.44. The summed E-state index contributed by atoms with van der Waals surface area (Å²) in [5, 5.41) is 14.5. The van der Waals surface area contributed by atoms with Gasteiger partial charge in [0.25, 0.3) is 0 Å². The summed E-state index contributed by atoms with van der Waals surface area (Å²) in [6, 6.07) is 21.0. The highest BCUT2D eigenvalue weighted by molar-refractivity contribution is 6.39. The first kappa shape index (κ1) is 21.3. The number of nitrogens with zero attached hydrogens (tertiary/aromatic N) is 3. The molecule has 2 N–H and O–H groups in total. The molecule has 32 heavy (non-hydrogen) atoms. The molecule has 162 valence electrons. The molecule has 3 aromatic rings.